The van der Waals surface area contributed by atoms with Crippen molar-refractivity contribution in [3.8, 4) is 22.9 Å². The molecule has 0 saturated carbocycles. The van der Waals surface area contributed by atoms with Gasteiger partial charge in [-0.2, -0.15) is 0 Å². The fourth-order valence-corrected chi connectivity index (χ4v) is 7.89. The van der Waals surface area contributed by atoms with Crippen molar-refractivity contribution in [2.75, 3.05) is 26.2 Å². The Kier molecular flexibility index (Phi) is 10.0. The first-order chi connectivity index (χ1) is 22.7. The zero-order chi connectivity index (χ0) is 33.1. The maximum atomic E-state index is 14.0. The number of H-pyrrole nitrogens is 1. The minimum Gasteiger partial charge on any atom is -0.506 e. The van der Waals surface area contributed by atoms with Crippen LogP contribution in [-0.2, 0) is 11.2 Å². The fraction of sp³-hybridized carbons (Fsp3) is 0.353. The summed E-state index contributed by atoms with van der Waals surface area (Å²) in [5.41, 5.74) is 2.67. The van der Waals surface area contributed by atoms with E-state index in [-0.39, 0.29) is 36.0 Å². The average Bonchev–Trinajstić information content (AvgIpc) is 3.40. The van der Waals surface area contributed by atoms with E-state index in [0.29, 0.717) is 65.1 Å². The molecule has 2 saturated heterocycles. The topological polar surface area (TPSA) is 144 Å². The first-order valence-corrected chi connectivity index (χ1v) is 17.3. The Bertz CT molecular complexity index is 1760. The number of urea groups is 1. The van der Waals surface area contributed by atoms with Crippen LogP contribution in [0.1, 0.15) is 48.8 Å². The molecule has 4 heterocycles. The molecule has 1 atom stereocenters. The second kappa shape index (κ2) is 14.3. The Hall–Kier alpha value is -4.10. The number of nitrogens with one attached hydrogen (secondary N) is 2. The van der Waals surface area contributed by atoms with Gasteiger partial charge in [-0.15, -0.1) is 0 Å². The van der Waals surface area contributed by atoms with Crippen molar-refractivity contribution in [1.82, 2.24) is 29.7 Å². The van der Waals surface area contributed by atoms with Gasteiger partial charge in [-0.25, -0.2) is 9.59 Å². The van der Waals surface area contributed by atoms with Gasteiger partial charge >= 0.3 is 11.7 Å². The van der Waals surface area contributed by atoms with Crippen LogP contribution in [0, 0.1) is 0 Å². The number of phenolic OH excluding ortho intramolecular Hbond substituents is 1. The highest BCUT2D eigenvalue weighted by Gasteiger charge is 2.33. The van der Waals surface area contributed by atoms with E-state index in [4.69, 9.17) is 0 Å². The smallest absolute Gasteiger partial charge is 0.329 e. The Balaban J connectivity index is 1.14. The highest BCUT2D eigenvalue weighted by molar-refractivity contribution is 9.11. The number of carbonyl (C=O) groups is 2. The van der Waals surface area contributed by atoms with Crippen LogP contribution in [0.4, 0.5) is 4.79 Å². The molecule has 0 radical (unpaired) electrons. The van der Waals surface area contributed by atoms with Crippen LogP contribution in [0.2, 0.25) is 0 Å². The fourth-order valence-electron chi connectivity index (χ4n) is 6.61. The molecule has 0 bridgehead atoms. The van der Waals surface area contributed by atoms with Crippen molar-refractivity contribution in [2.24, 2.45) is 0 Å². The molecule has 0 aliphatic carbocycles. The number of halogens is 2. The van der Waals surface area contributed by atoms with Crippen molar-refractivity contribution in [3.63, 3.8) is 0 Å². The number of aromatic nitrogens is 3. The minimum absolute atomic E-state index is 0.0603. The van der Waals surface area contributed by atoms with E-state index in [1.165, 1.54) is 10.1 Å². The van der Waals surface area contributed by atoms with Crippen LogP contribution in [0.25, 0.3) is 11.3 Å². The van der Waals surface area contributed by atoms with Gasteiger partial charge < -0.3 is 30.3 Å². The van der Waals surface area contributed by atoms with Gasteiger partial charge in [-0.3, -0.25) is 14.3 Å². The molecule has 2 aliphatic heterocycles. The molecule has 4 aromatic rings. The second-order valence-electron chi connectivity index (χ2n) is 12.1. The number of pyridine rings is 1. The van der Waals surface area contributed by atoms with Gasteiger partial charge in [0.15, 0.2) is 0 Å². The first-order valence-electron chi connectivity index (χ1n) is 15.7. The number of aromatic amines is 1. The number of benzene rings is 2. The molecule has 47 heavy (non-hydrogen) atoms. The summed E-state index contributed by atoms with van der Waals surface area (Å²) in [7, 11) is 0. The summed E-state index contributed by atoms with van der Waals surface area (Å²) in [6.07, 6.45) is 6.37. The largest absolute Gasteiger partial charge is 0.506 e. The van der Waals surface area contributed by atoms with Crippen LogP contribution in [-0.4, -0.2) is 78.7 Å². The lowest BCUT2D eigenvalue weighted by Gasteiger charge is -2.36. The molecule has 2 aromatic heterocycles. The van der Waals surface area contributed by atoms with Gasteiger partial charge in [0.2, 0.25) is 11.8 Å². The lowest BCUT2D eigenvalue weighted by Crippen LogP contribution is -2.55. The standard InChI is InChI=1S/C34H36Br2N6O5/c35-26-18-21(19-27(36)30(26)43)20-28(31(44)40-14-8-23(9-15-40)22-6-12-37-13-7-22)38-33(46)41-16-10-25(11-17-41)42-32(45)29(39-34(42)47)24-4-2-1-3-5-24/h1-7,12-13,18-19,23,25,28,43,45H,8-11,14-17,20H2,(H,38,46)(H,39,47)/t28-/m0/s1. The number of rotatable bonds is 7. The van der Waals surface area contributed by atoms with Crippen molar-refractivity contribution in [2.45, 2.75) is 50.1 Å². The second-order valence-corrected chi connectivity index (χ2v) is 13.8. The third-order valence-electron chi connectivity index (χ3n) is 9.18. The minimum atomic E-state index is -0.828. The number of carbonyl (C=O) groups excluding carboxylic acids is 2. The van der Waals surface area contributed by atoms with Crippen LogP contribution < -0.4 is 11.0 Å². The number of phenols is 1. The molecular weight excluding hydrogens is 732 g/mol. The molecule has 0 unspecified atom stereocenters. The quantitative estimate of drug-likeness (QED) is 0.195. The van der Waals surface area contributed by atoms with E-state index >= 15 is 0 Å². The zero-order valence-corrected chi connectivity index (χ0v) is 28.8. The van der Waals surface area contributed by atoms with Gasteiger partial charge in [0.05, 0.1) is 8.95 Å². The van der Waals surface area contributed by atoms with Gasteiger partial charge in [-0.05, 0) is 98.9 Å². The van der Waals surface area contributed by atoms with E-state index in [0.717, 1.165) is 18.4 Å². The number of hydrogen-bond acceptors (Lipinski definition) is 6. The van der Waals surface area contributed by atoms with Crippen molar-refractivity contribution in [1.29, 1.82) is 0 Å². The lowest BCUT2D eigenvalue weighted by molar-refractivity contribution is -0.134. The van der Waals surface area contributed by atoms with Crippen molar-refractivity contribution < 1.29 is 19.8 Å². The lowest BCUT2D eigenvalue weighted by atomic mass is 9.89. The zero-order valence-electron chi connectivity index (χ0n) is 25.6. The first kappa shape index (κ1) is 32.8. The Morgan fingerprint density at radius 1 is 0.915 bits per heavy atom. The summed E-state index contributed by atoms with van der Waals surface area (Å²) in [6.45, 7) is 1.85. The Morgan fingerprint density at radius 2 is 1.53 bits per heavy atom. The number of imidazole rings is 1. The third-order valence-corrected chi connectivity index (χ3v) is 10.4. The molecule has 11 nitrogen and oxygen atoms in total. The van der Waals surface area contributed by atoms with Crippen LogP contribution in [0.15, 0.2) is 80.7 Å². The maximum Gasteiger partial charge on any atom is 0.329 e. The molecule has 13 heteroatoms. The molecule has 2 aliphatic rings. The monoisotopic (exact) mass is 766 g/mol. The van der Waals surface area contributed by atoms with Crippen molar-refractivity contribution in [3.05, 3.63) is 97.5 Å². The molecule has 3 amide bonds. The van der Waals surface area contributed by atoms with E-state index in [1.807, 2.05) is 47.4 Å². The maximum absolute atomic E-state index is 14.0. The van der Waals surface area contributed by atoms with Crippen LogP contribution in [0.5, 0.6) is 11.6 Å². The van der Waals surface area contributed by atoms with Crippen molar-refractivity contribution >= 4 is 43.8 Å². The highest BCUT2D eigenvalue weighted by atomic mass is 79.9. The van der Waals surface area contributed by atoms with E-state index < -0.39 is 11.7 Å². The summed E-state index contributed by atoms with van der Waals surface area (Å²) in [5.74, 6) is 0.133. The number of piperidine rings is 2. The molecule has 2 aromatic carbocycles. The summed E-state index contributed by atoms with van der Waals surface area (Å²) in [6, 6.07) is 15.2. The molecule has 0 spiro atoms. The highest BCUT2D eigenvalue weighted by Crippen LogP contribution is 2.35. The van der Waals surface area contributed by atoms with E-state index in [2.05, 4.69) is 47.1 Å². The summed E-state index contributed by atoms with van der Waals surface area (Å²) in [4.78, 5) is 50.8. The van der Waals surface area contributed by atoms with E-state index in [1.54, 1.807) is 29.4 Å². The van der Waals surface area contributed by atoms with Gasteiger partial charge in [0.25, 0.3) is 0 Å². The van der Waals surface area contributed by atoms with Crippen LogP contribution >= 0.6 is 31.9 Å². The summed E-state index contributed by atoms with van der Waals surface area (Å²) >= 11 is 6.75. The molecule has 2 fully saturated rings. The summed E-state index contributed by atoms with van der Waals surface area (Å²) in [5, 5.41) is 24.2. The predicted molar refractivity (Wildman–Crippen MR) is 184 cm³/mol. The third kappa shape index (κ3) is 7.25. The molecule has 4 N–H and O–H groups in total. The average molecular weight is 769 g/mol. The number of aromatic hydroxyl groups is 2. The number of likely N-dealkylation sites (tertiary alicyclic amines) is 2. The number of nitrogens with zero attached hydrogens (tertiary/aromatic N) is 4. The van der Waals surface area contributed by atoms with Gasteiger partial charge in [0, 0.05) is 56.6 Å². The van der Waals surface area contributed by atoms with E-state index in [9.17, 15) is 24.6 Å². The Morgan fingerprint density at radius 3 is 2.17 bits per heavy atom. The SMILES string of the molecule is O=C(N[C@@H](Cc1cc(Br)c(O)c(Br)c1)C(=O)N1CCC(c2ccncc2)CC1)N1CCC(n2c(O)c(-c3ccccc3)[nH]c2=O)CC1. The number of hydrogen-bond donors (Lipinski definition) is 4. The molecular formula is C34H36Br2N6O5. The predicted octanol–water partition coefficient (Wildman–Crippen LogP) is 5.54. The summed E-state index contributed by atoms with van der Waals surface area (Å²) < 4.78 is 2.34. The molecule has 246 valence electrons. The van der Waals surface area contributed by atoms with Gasteiger partial charge in [-0.1, -0.05) is 30.3 Å². The Labute approximate surface area is 288 Å². The van der Waals surface area contributed by atoms with Gasteiger partial charge in [0.1, 0.15) is 17.5 Å². The van der Waals surface area contributed by atoms with Crippen LogP contribution in [0.3, 0.4) is 0 Å². The molecule has 6 rings (SSSR count). The normalized spacial score (nSPS) is 16.6. The number of amides is 3.